The fraction of sp³-hybridized carbons (Fsp3) is 0.500. The molecule has 2 aromatic heterocycles. The molecule has 3 heterocycles. The van der Waals surface area contributed by atoms with Crippen LogP contribution in [0.5, 0.6) is 0 Å². The molecule has 6 nitrogen and oxygen atoms in total. The number of hydrogen-bond acceptors (Lipinski definition) is 6. The van der Waals surface area contributed by atoms with Crippen molar-refractivity contribution in [2.75, 3.05) is 13.2 Å². The van der Waals surface area contributed by atoms with Gasteiger partial charge in [0, 0.05) is 24.3 Å². The summed E-state index contributed by atoms with van der Waals surface area (Å²) in [7, 11) is 0. The van der Waals surface area contributed by atoms with Crippen LogP contribution in [0.15, 0.2) is 23.8 Å². The summed E-state index contributed by atoms with van der Waals surface area (Å²) in [6, 6.07) is 1.96. The van der Waals surface area contributed by atoms with Gasteiger partial charge in [0.05, 0.1) is 18.8 Å². The number of amides is 1. The van der Waals surface area contributed by atoms with Crippen LogP contribution in [0.4, 0.5) is 0 Å². The molecule has 2 fully saturated rings. The fourth-order valence-electron chi connectivity index (χ4n) is 3.38. The third-order valence-electron chi connectivity index (χ3n) is 4.47. The average Bonchev–Trinajstić information content (AvgIpc) is 3.11. The van der Waals surface area contributed by atoms with Crippen molar-refractivity contribution >= 4 is 17.2 Å². The Kier molecular flexibility index (Phi) is 4.05. The summed E-state index contributed by atoms with van der Waals surface area (Å²) in [6.07, 6.45) is 7.98. The second-order valence-corrected chi connectivity index (χ2v) is 6.73. The van der Waals surface area contributed by atoms with Crippen LogP contribution >= 0.6 is 11.3 Å². The van der Waals surface area contributed by atoms with E-state index in [1.165, 1.54) is 17.8 Å². The molecule has 1 amide bonds. The van der Waals surface area contributed by atoms with Crippen LogP contribution in [0.2, 0.25) is 0 Å². The number of fused-ring (bicyclic) bond motifs is 1. The first-order chi connectivity index (χ1) is 11.3. The van der Waals surface area contributed by atoms with Crippen LogP contribution in [0, 0.1) is 0 Å². The standard InChI is InChI=1S/C16H18N4O2S/c21-16(20-8-9-22-13-5-2-1-4-12(13)20)11-10-23-15(19-11)14-17-6-3-7-18-14/h3,6-7,10,12-13H,1-2,4-5,8-9H2/t12-,13-/m1/s1. The fourth-order valence-corrected chi connectivity index (χ4v) is 4.12. The highest BCUT2D eigenvalue weighted by molar-refractivity contribution is 7.13. The van der Waals surface area contributed by atoms with E-state index in [1.54, 1.807) is 23.8 Å². The van der Waals surface area contributed by atoms with Gasteiger partial charge in [-0.15, -0.1) is 11.3 Å². The zero-order valence-electron chi connectivity index (χ0n) is 12.7. The highest BCUT2D eigenvalue weighted by Crippen LogP contribution is 2.30. The van der Waals surface area contributed by atoms with Gasteiger partial charge in [-0.05, 0) is 18.9 Å². The Bertz CT molecular complexity index is 688. The monoisotopic (exact) mass is 330 g/mol. The third-order valence-corrected chi connectivity index (χ3v) is 5.31. The molecule has 0 aromatic carbocycles. The van der Waals surface area contributed by atoms with E-state index in [0.29, 0.717) is 29.7 Å². The number of nitrogens with zero attached hydrogens (tertiary/aromatic N) is 4. The molecule has 2 atom stereocenters. The van der Waals surface area contributed by atoms with Gasteiger partial charge in [0.15, 0.2) is 10.8 Å². The molecule has 1 saturated carbocycles. The van der Waals surface area contributed by atoms with Crippen LogP contribution in [0.3, 0.4) is 0 Å². The molecular weight excluding hydrogens is 312 g/mol. The van der Waals surface area contributed by atoms with E-state index in [2.05, 4.69) is 15.0 Å². The first kappa shape index (κ1) is 14.7. The molecule has 23 heavy (non-hydrogen) atoms. The van der Waals surface area contributed by atoms with E-state index in [0.717, 1.165) is 19.3 Å². The van der Waals surface area contributed by atoms with Crippen molar-refractivity contribution in [2.45, 2.75) is 37.8 Å². The first-order valence-corrected chi connectivity index (χ1v) is 8.86. The number of carbonyl (C=O) groups excluding carboxylic acids is 1. The maximum Gasteiger partial charge on any atom is 0.273 e. The molecule has 120 valence electrons. The van der Waals surface area contributed by atoms with Gasteiger partial charge in [0.25, 0.3) is 5.91 Å². The third kappa shape index (κ3) is 2.86. The zero-order chi connectivity index (χ0) is 15.6. The van der Waals surface area contributed by atoms with Gasteiger partial charge in [0.1, 0.15) is 5.69 Å². The molecular formula is C16H18N4O2S. The quantitative estimate of drug-likeness (QED) is 0.846. The summed E-state index contributed by atoms with van der Waals surface area (Å²) >= 11 is 1.41. The number of ether oxygens (including phenoxy) is 1. The lowest BCUT2D eigenvalue weighted by molar-refractivity contribution is -0.0754. The van der Waals surface area contributed by atoms with Crippen molar-refractivity contribution < 1.29 is 9.53 Å². The topological polar surface area (TPSA) is 68.2 Å². The summed E-state index contributed by atoms with van der Waals surface area (Å²) in [5.74, 6) is 0.567. The van der Waals surface area contributed by atoms with Crippen LogP contribution in [0.1, 0.15) is 36.2 Å². The summed E-state index contributed by atoms with van der Waals surface area (Å²) in [6.45, 7) is 1.26. The van der Waals surface area contributed by atoms with Gasteiger partial charge in [-0.3, -0.25) is 4.79 Å². The molecule has 0 spiro atoms. The van der Waals surface area contributed by atoms with E-state index in [9.17, 15) is 4.79 Å². The largest absolute Gasteiger partial charge is 0.374 e. The summed E-state index contributed by atoms with van der Waals surface area (Å²) in [5.41, 5.74) is 0.490. The molecule has 2 aromatic rings. The Morgan fingerprint density at radius 2 is 2.09 bits per heavy atom. The molecule has 2 aliphatic rings. The summed E-state index contributed by atoms with van der Waals surface area (Å²) in [5, 5.41) is 2.49. The Balaban J connectivity index is 1.56. The van der Waals surface area contributed by atoms with Crippen molar-refractivity contribution in [1.29, 1.82) is 0 Å². The number of thiazole rings is 1. The second kappa shape index (κ2) is 6.33. The van der Waals surface area contributed by atoms with Crippen LogP contribution in [-0.4, -0.2) is 51.1 Å². The molecule has 1 aliphatic carbocycles. The average molecular weight is 330 g/mol. The van der Waals surface area contributed by atoms with Crippen molar-refractivity contribution in [2.24, 2.45) is 0 Å². The first-order valence-electron chi connectivity index (χ1n) is 7.98. The Labute approximate surface area is 138 Å². The molecule has 0 radical (unpaired) electrons. The minimum Gasteiger partial charge on any atom is -0.374 e. The van der Waals surface area contributed by atoms with Crippen molar-refractivity contribution in [3.63, 3.8) is 0 Å². The number of morpholine rings is 1. The molecule has 0 N–H and O–H groups in total. The Morgan fingerprint density at radius 1 is 1.26 bits per heavy atom. The summed E-state index contributed by atoms with van der Waals surface area (Å²) in [4.78, 5) is 27.7. The van der Waals surface area contributed by atoms with Gasteiger partial charge >= 0.3 is 0 Å². The zero-order valence-corrected chi connectivity index (χ0v) is 13.5. The van der Waals surface area contributed by atoms with Gasteiger partial charge in [-0.1, -0.05) is 12.8 Å². The van der Waals surface area contributed by atoms with Crippen molar-refractivity contribution in [3.05, 3.63) is 29.5 Å². The van der Waals surface area contributed by atoms with Crippen molar-refractivity contribution in [1.82, 2.24) is 19.9 Å². The van der Waals surface area contributed by atoms with E-state index >= 15 is 0 Å². The normalized spacial score (nSPS) is 24.3. The van der Waals surface area contributed by atoms with E-state index in [1.807, 2.05) is 4.90 Å². The van der Waals surface area contributed by atoms with Gasteiger partial charge < -0.3 is 9.64 Å². The van der Waals surface area contributed by atoms with Crippen LogP contribution in [-0.2, 0) is 4.74 Å². The number of carbonyl (C=O) groups is 1. The molecule has 1 aliphatic heterocycles. The van der Waals surface area contributed by atoms with E-state index in [-0.39, 0.29) is 18.1 Å². The van der Waals surface area contributed by atoms with Gasteiger partial charge in [-0.25, -0.2) is 15.0 Å². The number of aromatic nitrogens is 3. The predicted molar refractivity (Wildman–Crippen MR) is 86.2 cm³/mol. The summed E-state index contributed by atoms with van der Waals surface area (Å²) < 4.78 is 5.84. The molecule has 4 rings (SSSR count). The molecule has 0 bridgehead atoms. The molecule has 1 saturated heterocycles. The van der Waals surface area contributed by atoms with Crippen molar-refractivity contribution in [3.8, 4) is 10.8 Å². The highest BCUT2D eigenvalue weighted by Gasteiger charge is 2.37. The second-order valence-electron chi connectivity index (χ2n) is 5.87. The highest BCUT2D eigenvalue weighted by atomic mass is 32.1. The maximum absolute atomic E-state index is 12.9. The smallest absolute Gasteiger partial charge is 0.273 e. The van der Waals surface area contributed by atoms with Gasteiger partial charge in [-0.2, -0.15) is 0 Å². The lowest BCUT2D eigenvalue weighted by atomic mass is 9.90. The maximum atomic E-state index is 12.9. The molecule has 7 heteroatoms. The van der Waals surface area contributed by atoms with E-state index in [4.69, 9.17) is 4.74 Å². The lowest BCUT2D eigenvalue weighted by Gasteiger charge is -2.43. The Hall–Kier alpha value is -1.86. The molecule has 0 unspecified atom stereocenters. The Morgan fingerprint density at radius 3 is 2.96 bits per heavy atom. The number of hydrogen-bond donors (Lipinski definition) is 0. The lowest BCUT2D eigenvalue weighted by Crippen LogP contribution is -2.54. The minimum absolute atomic E-state index is 0.00336. The predicted octanol–water partition coefficient (Wildman–Crippen LogP) is 2.38. The SMILES string of the molecule is O=C(c1csc(-c2ncccn2)n1)N1CCO[C@@H]2CCCC[C@H]21. The van der Waals surface area contributed by atoms with Crippen LogP contribution in [0.25, 0.3) is 10.8 Å². The number of rotatable bonds is 2. The van der Waals surface area contributed by atoms with Crippen LogP contribution < -0.4 is 0 Å². The minimum atomic E-state index is 0.00336. The van der Waals surface area contributed by atoms with Gasteiger partial charge in [0.2, 0.25) is 0 Å². The van der Waals surface area contributed by atoms with E-state index < -0.39 is 0 Å².